The predicted molar refractivity (Wildman–Crippen MR) is 147 cm³/mol. The molecule has 0 aliphatic carbocycles. The van der Waals surface area contributed by atoms with E-state index in [4.69, 9.17) is 21.3 Å². The second kappa shape index (κ2) is 10.6. The summed E-state index contributed by atoms with van der Waals surface area (Å²) in [5.74, 6) is 1.12. The van der Waals surface area contributed by atoms with Gasteiger partial charge in [-0.3, -0.25) is 9.78 Å². The summed E-state index contributed by atoms with van der Waals surface area (Å²) < 4.78 is 8.09. The Hall–Kier alpha value is -4.30. The SMILES string of the molecule is Cc1cc(Cl)c(COc2cccc3c(-c4ncnn4C)cc(C)nc23)c([C@H](C)NC(=O)c2ccccn2)c1. The molecule has 0 spiro atoms. The number of nitrogens with one attached hydrogen (secondary N) is 1. The first-order chi connectivity index (χ1) is 18.3. The number of carbonyl (C=O) groups excluding carboxylic acids is 1. The van der Waals surface area contributed by atoms with Crippen LogP contribution < -0.4 is 10.1 Å². The zero-order valence-corrected chi connectivity index (χ0v) is 22.3. The third-order valence-corrected chi connectivity index (χ3v) is 6.68. The van der Waals surface area contributed by atoms with Crippen molar-refractivity contribution in [3.63, 3.8) is 0 Å². The molecule has 2 aromatic carbocycles. The van der Waals surface area contributed by atoms with E-state index in [1.54, 1.807) is 29.1 Å². The lowest BCUT2D eigenvalue weighted by Crippen LogP contribution is -2.28. The number of ether oxygens (including phenoxy) is 1. The average molecular weight is 527 g/mol. The average Bonchev–Trinajstić information content (AvgIpc) is 3.33. The molecule has 0 bridgehead atoms. The van der Waals surface area contributed by atoms with Crippen molar-refractivity contribution < 1.29 is 9.53 Å². The molecule has 0 aliphatic rings. The number of amides is 1. The molecule has 0 aliphatic heterocycles. The van der Waals surface area contributed by atoms with Gasteiger partial charge in [-0.2, -0.15) is 5.10 Å². The molecule has 3 heterocycles. The zero-order valence-electron chi connectivity index (χ0n) is 21.6. The second-order valence-electron chi connectivity index (χ2n) is 9.18. The van der Waals surface area contributed by atoms with E-state index in [-0.39, 0.29) is 18.6 Å². The van der Waals surface area contributed by atoms with Gasteiger partial charge in [0.1, 0.15) is 29.9 Å². The van der Waals surface area contributed by atoms with Gasteiger partial charge in [0, 0.05) is 40.5 Å². The van der Waals surface area contributed by atoms with E-state index in [0.29, 0.717) is 16.5 Å². The minimum absolute atomic E-state index is 0.201. The van der Waals surface area contributed by atoms with Crippen molar-refractivity contribution >= 4 is 28.4 Å². The van der Waals surface area contributed by atoms with Crippen molar-refractivity contribution in [1.29, 1.82) is 0 Å². The molecule has 3 aromatic heterocycles. The lowest BCUT2D eigenvalue weighted by Gasteiger charge is -2.21. The van der Waals surface area contributed by atoms with Crippen molar-refractivity contribution in [3.05, 3.63) is 100 Å². The van der Waals surface area contributed by atoms with Crippen molar-refractivity contribution in [2.75, 3.05) is 0 Å². The van der Waals surface area contributed by atoms with Crippen LogP contribution in [0.15, 0.2) is 67.1 Å². The first-order valence-electron chi connectivity index (χ1n) is 12.2. The number of halogens is 1. The third kappa shape index (κ3) is 5.08. The van der Waals surface area contributed by atoms with E-state index < -0.39 is 0 Å². The number of para-hydroxylation sites is 1. The van der Waals surface area contributed by atoms with Gasteiger partial charge in [0.15, 0.2) is 5.82 Å². The molecule has 1 amide bonds. The summed E-state index contributed by atoms with van der Waals surface area (Å²) in [7, 11) is 1.86. The second-order valence-corrected chi connectivity index (χ2v) is 9.59. The number of hydrogen-bond acceptors (Lipinski definition) is 6. The summed E-state index contributed by atoms with van der Waals surface area (Å²) in [6, 6.07) is 16.7. The van der Waals surface area contributed by atoms with E-state index in [1.165, 1.54) is 6.33 Å². The van der Waals surface area contributed by atoms with Crippen LogP contribution >= 0.6 is 11.6 Å². The maximum Gasteiger partial charge on any atom is 0.270 e. The molecule has 0 fully saturated rings. The molecule has 0 unspecified atom stereocenters. The smallest absolute Gasteiger partial charge is 0.270 e. The van der Waals surface area contributed by atoms with Crippen LogP contribution in [0.4, 0.5) is 0 Å². The molecule has 5 aromatic rings. The topological polar surface area (TPSA) is 94.8 Å². The maximum atomic E-state index is 12.8. The normalized spacial score (nSPS) is 11.9. The number of nitrogens with zero attached hydrogens (tertiary/aromatic N) is 5. The van der Waals surface area contributed by atoms with Crippen LogP contribution in [-0.4, -0.2) is 30.6 Å². The van der Waals surface area contributed by atoms with Gasteiger partial charge in [-0.25, -0.2) is 14.6 Å². The fourth-order valence-corrected chi connectivity index (χ4v) is 4.86. The Kier molecular flexibility index (Phi) is 7.07. The monoisotopic (exact) mass is 526 g/mol. The van der Waals surface area contributed by atoms with Crippen molar-refractivity contribution in [2.24, 2.45) is 7.05 Å². The van der Waals surface area contributed by atoms with Crippen LogP contribution in [0.5, 0.6) is 5.75 Å². The molecule has 5 rings (SSSR count). The van der Waals surface area contributed by atoms with Crippen LogP contribution in [0.1, 0.15) is 45.8 Å². The van der Waals surface area contributed by atoms with Crippen LogP contribution in [-0.2, 0) is 13.7 Å². The number of aryl methyl sites for hydroxylation is 3. The van der Waals surface area contributed by atoms with E-state index in [1.807, 2.05) is 64.2 Å². The van der Waals surface area contributed by atoms with Gasteiger partial charge < -0.3 is 10.1 Å². The van der Waals surface area contributed by atoms with Gasteiger partial charge >= 0.3 is 0 Å². The van der Waals surface area contributed by atoms with E-state index in [9.17, 15) is 4.79 Å². The minimum Gasteiger partial charge on any atom is -0.487 e. The highest BCUT2D eigenvalue weighted by molar-refractivity contribution is 6.31. The predicted octanol–water partition coefficient (Wildman–Crippen LogP) is 5.77. The summed E-state index contributed by atoms with van der Waals surface area (Å²) in [4.78, 5) is 26.1. The summed E-state index contributed by atoms with van der Waals surface area (Å²) in [5.41, 5.74) is 5.51. The fourth-order valence-electron chi connectivity index (χ4n) is 4.52. The molecular formula is C29H27ClN6O2. The molecule has 8 nitrogen and oxygen atoms in total. The lowest BCUT2D eigenvalue weighted by atomic mass is 9.99. The van der Waals surface area contributed by atoms with E-state index in [2.05, 4.69) is 20.4 Å². The fraction of sp³-hybridized carbons (Fsp3) is 0.207. The number of aromatic nitrogens is 5. The quantitative estimate of drug-likeness (QED) is 0.289. The van der Waals surface area contributed by atoms with Crippen LogP contribution in [0.25, 0.3) is 22.3 Å². The summed E-state index contributed by atoms with van der Waals surface area (Å²) in [6.07, 6.45) is 3.13. The van der Waals surface area contributed by atoms with Crippen molar-refractivity contribution in [1.82, 2.24) is 30.0 Å². The highest BCUT2D eigenvalue weighted by Gasteiger charge is 2.20. The summed E-state index contributed by atoms with van der Waals surface area (Å²) >= 11 is 6.71. The minimum atomic E-state index is -0.323. The Balaban J connectivity index is 1.47. The number of hydrogen-bond donors (Lipinski definition) is 1. The highest BCUT2D eigenvalue weighted by Crippen LogP contribution is 2.34. The first kappa shape index (κ1) is 25.4. The van der Waals surface area contributed by atoms with Gasteiger partial charge in [-0.05, 0) is 62.2 Å². The molecule has 0 saturated carbocycles. The van der Waals surface area contributed by atoms with E-state index in [0.717, 1.165) is 44.7 Å². The van der Waals surface area contributed by atoms with Gasteiger partial charge in [0.05, 0.1) is 6.04 Å². The standard InChI is InChI=1S/C29H27ClN6O2/c1-17-12-21(19(3)35-29(37)25-9-5-6-11-31-25)23(24(30)13-17)15-38-26-10-7-8-20-22(14-18(2)34-27(20)26)28-32-16-33-36(28)4/h5-14,16,19H,15H2,1-4H3,(H,35,37)/t19-/m0/s1. The molecular weight excluding hydrogens is 500 g/mol. The van der Waals surface area contributed by atoms with Crippen LogP contribution in [0, 0.1) is 13.8 Å². The number of pyridine rings is 2. The third-order valence-electron chi connectivity index (χ3n) is 6.34. The molecule has 0 radical (unpaired) electrons. The Morgan fingerprint density at radius 1 is 1.11 bits per heavy atom. The molecule has 0 saturated heterocycles. The Morgan fingerprint density at radius 2 is 1.95 bits per heavy atom. The number of fused-ring (bicyclic) bond motifs is 1. The van der Waals surface area contributed by atoms with E-state index >= 15 is 0 Å². The van der Waals surface area contributed by atoms with Gasteiger partial charge in [0.2, 0.25) is 0 Å². The Labute approximate surface area is 225 Å². The molecule has 9 heteroatoms. The van der Waals surface area contributed by atoms with Gasteiger partial charge in [0.25, 0.3) is 5.91 Å². The number of rotatable bonds is 7. The highest BCUT2D eigenvalue weighted by atomic mass is 35.5. The molecule has 1 atom stereocenters. The molecule has 38 heavy (non-hydrogen) atoms. The van der Waals surface area contributed by atoms with Gasteiger partial charge in [-0.15, -0.1) is 0 Å². The number of carbonyl (C=O) groups is 1. The first-order valence-corrected chi connectivity index (χ1v) is 12.6. The summed E-state index contributed by atoms with van der Waals surface area (Å²) in [5, 5.41) is 8.73. The largest absolute Gasteiger partial charge is 0.487 e. The van der Waals surface area contributed by atoms with Crippen molar-refractivity contribution in [3.8, 4) is 17.1 Å². The van der Waals surface area contributed by atoms with Crippen LogP contribution in [0.3, 0.4) is 0 Å². The summed E-state index contributed by atoms with van der Waals surface area (Å²) in [6.45, 7) is 6.04. The molecule has 192 valence electrons. The Bertz CT molecular complexity index is 1630. The lowest BCUT2D eigenvalue weighted by molar-refractivity contribution is 0.0934. The maximum absolute atomic E-state index is 12.8. The zero-order chi connectivity index (χ0) is 26.8. The Morgan fingerprint density at radius 3 is 2.68 bits per heavy atom. The van der Waals surface area contributed by atoms with Crippen molar-refractivity contribution in [2.45, 2.75) is 33.4 Å². The van der Waals surface area contributed by atoms with Crippen LogP contribution in [0.2, 0.25) is 5.02 Å². The molecule has 1 N–H and O–H groups in total. The van der Waals surface area contributed by atoms with Gasteiger partial charge in [-0.1, -0.05) is 35.9 Å². The number of benzene rings is 2.